The van der Waals surface area contributed by atoms with Gasteiger partial charge in [-0.3, -0.25) is 0 Å². The zero-order valence-corrected chi connectivity index (χ0v) is 24.9. The van der Waals surface area contributed by atoms with Crippen LogP contribution in [0.2, 0.25) is 10.0 Å². The van der Waals surface area contributed by atoms with Gasteiger partial charge in [-0.15, -0.1) is 0 Å². The van der Waals surface area contributed by atoms with E-state index in [9.17, 15) is 0 Å². The maximum Gasteiger partial charge on any atom is 0.0603 e. The summed E-state index contributed by atoms with van der Waals surface area (Å²) in [5.74, 6) is 0.893. The van der Waals surface area contributed by atoms with E-state index < -0.39 is 0 Å². The Labute approximate surface area is 243 Å². The lowest BCUT2D eigenvalue weighted by Gasteiger charge is -2.38. The van der Waals surface area contributed by atoms with Gasteiger partial charge in [0.25, 0.3) is 0 Å². The summed E-state index contributed by atoms with van der Waals surface area (Å²) in [5, 5.41) is 1.23. The summed E-state index contributed by atoms with van der Waals surface area (Å²) < 4.78 is 2.40. The fourth-order valence-corrected chi connectivity index (χ4v) is 7.88. The van der Waals surface area contributed by atoms with Crippen molar-refractivity contribution in [2.75, 3.05) is 33.2 Å². The van der Waals surface area contributed by atoms with Crippen molar-refractivity contribution in [3.05, 3.63) is 99.5 Å². The van der Waals surface area contributed by atoms with E-state index in [1.807, 2.05) is 12.1 Å². The Morgan fingerprint density at radius 2 is 1.71 bits per heavy atom. The summed E-state index contributed by atoms with van der Waals surface area (Å²) in [4.78, 5) is 3.88. The van der Waals surface area contributed by atoms with Crippen molar-refractivity contribution >= 4 is 35.1 Å². The Kier molecular flexibility index (Phi) is 9.78. The third kappa shape index (κ3) is 7.17. The molecule has 0 N–H and O–H groups in total. The normalized spacial score (nSPS) is 20.2. The maximum atomic E-state index is 6.29. The number of rotatable bonds is 11. The Morgan fingerprint density at radius 3 is 2.50 bits per heavy atom. The molecular weight excluding hydrogens is 527 g/mol. The lowest BCUT2D eigenvalue weighted by molar-refractivity contribution is 0.158. The lowest BCUT2D eigenvalue weighted by atomic mass is 9.78. The standard InChI is InChI=1S/C33H40Cl2N2S/c1-36(38-29-14-15-31(34)32(35)24-29)25-33(19-16-28-12-5-6-13-30(28)33)20-23-37-21-17-27(18-22-37)11-7-10-26-8-3-2-4-9-26/h2-6,8-9,12-15,24,27H,7,10-11,16-23,25H2,1H3. The highest BCUT2D eigenvalue weighted by Crippen LogP contribution is 2.44. The number of hydrogen-bond acceptors (Lipinski definition) is 3. The molecule has 5 rings (SSSR count). The fourth-order valence-electron chi connectivity index (χ4n) is 6.55. The van der Waals surface area contributed by atoms with E-state index in [4.69, 9.17) is 23.2 Å². The first-order valence-electron chi connectivity index (χ1n) is 14.2. The molecular formula is C33H40Cl2N2S. The zero-order valence-electron chi connectivity index (χ0n) is 22.5. The molecule has 0 bridgehead atoms. The van der Waals surface area contributed by atoms with Crippen LogP contribution in [-0.4, -0.2) is 42.4 Å². The van der Waals surface area contributed by atoms with E-state index in [0.717, 1.165) is 17.4 Å². The summed E-state index contributed by atoms with van der Waals surface area (Å²) in [5.41, 5.74) is 4.78. The highest BCUT2D eigenvalue weighted by Gasteiger charge is 2.39. The second-order valence-electron chi connectivity index (χ2n) is 11.3. The summed E-state index contributed by atoms with van der Waals surface area (Å²) >= 11 is 14.2. The number of fused-ring (bicyclic) bond motifs is 1. The molecule has 1 heterocycles. The summed E-state index contributed by atoms with van der Waals surface area (Å²) in [7, 11) is 2.22. The minimum absolute atomic E-state index is 0.196. The van der Waals surface area contributed by atoms with Gasteiger partial charge in [-0.25, -0.2) is 4.31 Å². The van der Waals surface area contributed by atoms with Gasteiger partial charge in [0.2, 0.25) is 0 Å². The highest BCUT2D eigenvalue weighted by molar-refractivity contribution is 7.97. The minimum Gasteiger partial charge on any atom is -0.303 e. The van der Waals surface area contributed by atoms with E-state index in [1.165, 1.54) is 82.1 Å². The van der Waals surface area contributed by atoms with Crippen LogP contribution in [0, 0.1) is 5.92 Å². The molecule has 0 saturated carbocycles. The second-order valence-corrected chi connectivity index (χ2v) is 13.4. The number of halogens is 2. The number of aryl methyl sites for hydroxylation is 2. The van der Waals surface area contributed by atoms with Gasteiger partial charge in [0.15, 0.2) is 0 Å². The monoisotopic (exact) mass is 566 g/mol. The van der Waals surface area contributed by atoms with Gasteiger partial charge in [-0.1, -0.05) is 84.2 Å². The molecule has 2 aliphatic rings. The molecule has 1 aliphatic carbocycles. The minimum atomic E-state index is 0.196. The summed E-state index contributed by atoms with van der Waals surface area (Å²) in [6, 6.07) is 26.0. The van der Waals surface area contributed by atoms with E-state index >= 15 is 0 Å². The molecule has 0 spiro atoms. The number of hydrogen-bond donors (Lipinski definition) is 0. The van der Waals surface area contributed by atoms with Crippen molar-refractivity contribution in [1.29, 1.82) is 0 Å². The molecule has 1 aliphatic heterocycles. The van der Waals surface area contributed by atoms with Gasteiger partial charge < -0.3 is 4.90 Å². The van der Waals surface area contributed by atoms with Crippen LogP contribution in [-0.2, 0) is 18.3 Å². The smallest absolute Gasteiger partial charge is 0.0603 e. The first-order valence-corrected chi connectivity index (χ1v) is 15.7. The molecule has 0 radical (unpaired) electrons. The summed E-state index contributed by atoms with van der Waals surface area (Å²) in [6.45, 7) is 4.73. The first kappa shape index (κ1) is 28.1. The van der Waals surface area contributed by atoms with Crippen LogP contribution in [0.4, 0.5) is 0 Å². The Morgan fingerprint density at radius 1 is 0.947 bits per heavy atom. The molecule has 3 aromatic rings. The van der Waals surface area contributed by atoms with Gasteiger partial charge in [0, 0.05) is 16.9 Å². The average Bonchev–Trinajstić information content (AvgIpc) is 3.29. The van der Waals surface area contributed by atoms with E-state index in [2.05, 4.69) is 76.9 Å². The van der Waals surface area contributed by atoms with Gasteiger partial charge in [-0.05, 0) is 124 Å². The largest absolute Gasteiger partial charge is 0.303 e. The lowest BCUT2D eigenvalue weighted by Crippen LogP contribution is -2.41. The third-order valence-electron chi connectivity index (χ3n) is 8.67. The molecule has 1 atom stereocenters. The molecule has 1 saturated heterocycles. The van der Waals surface area contributed by atoms with Gasteiger partial charge in [0.05, 0.1) is 10.0 Å². The molecule has 1 fully saturated rings. The van der Waals surface area contributed by atoms with Crippen LogP contribution in [0.25, 0.3) is 0 Å². The quantitative estimate of drug-likeness (QED) is 0.214. The number of piperidine rings is 1. The molecule has 38 heavy (non-hydrogen) atoms. The number of nitrogens with zero attached hydrogens (tertiary/aromatic N) is 2. The maximum absolute atomic E-state index is 6.29. The fraction of sp³-hybridized carbons (Fsp3) is 0.455. The number of likely N-dealkylation sites (tertiary alicyclic amines) is 1. The predicted molar refractivity (Wildman–Crippen MR) is 165 cm³/mol. The Hall–Kier alpha value is -1.49. The molecule has 2 nitrogen and oxygen atoms in total. The van der Waals surface area contributed by atoms with Crippen LogP contribution >= 0.6 is 35.1 Å². The second kappa shape index (κ2) is 13.2. The van der Waals surface area contributed by atoms with E-state index in [-0.39, 0.29) is 5.41 Å². The molecule has 0 aromatic heterocycles. The van der Waals surface area contributed by atoms with Crippen molar-refractivity contribution in [2.24, 2.45) is 5.92 Å². The molecule has 3 aromatic carbocycles. The zero-order chi connectivity index (χ0) is 26.4. The van der Waals surface area contributed by atoms with Crippen molar-refractivity contribution in [1.82, 2.24) is 9.21 Å². The SMILES string of the molecule is CN(CC1(CCN2CCC(CCCc3ccccc3)CC2)CCc2ccccc21)Sc1ccc(Cl)c(Cl)c1. The van der Waals surface area contributed by atoms with Crippen molar-refractivity contribution in [2.45, 2.75) is 61.7 Å². The molecule has 1 unspecified atom stereocenters. The molecule has 202 valence electrons. The number of benzene rings is 3. The van der Waals surface area contributed by atoms with Crippen molar-refractivity contribution in [3.8, 4) is 0 Å². The van der Waals surface area contributed by atoms with Crippen LogP contribution < -0.4 is 0 Å². The van der Waals surface area contributed by atoms with Gasteiger partial charge in [0.1, 0.15) is 0 Å². The number of likely N-dealkylation sites (N-methyl/N-ethyl adjacent to an activating group) is 1. The molecule has 5 heteroatoms. The van der Waals surface area contributed by atoms with Crippen molar-refractivity contribution in [3.63, 3.8) is 0 Å². The van der Waals surface area contributed by atoms with E-state index in [1.54, 1.807) is 17.5 Å². The van der Waals surface area contributed by atoms with Gasteiger partial charge in [-0.2, -0.15) is 0 Å². The highest BCUT2D eigenvalue weighted by atomic mass is 35.5. The Bertz CT molecular complexity index is 1180. The van der Waals surface area contributed by atoms with Crippen LogP contribution in [0.15, 0.2) is 77.7 Å². The summed E-state index contributed by atoms with van der Waals surface area (Å²) in [6.07, 6.45) is 10.2. The molecule has 0 amide bonds. The van der Waals surface area contributed by atoms with Crippen molar-refractivity contribution < 1.29 is 0 Å². The average molecular weight is 568 g/mol. The van der Waals surface area contributed by atoms with Crippen LogP contribution in [0.1, 0.15) is 55.2 Å². The van der Waals surface area contributed by atoms with Gasteiger partial charge >= 0.3 is 0 Å². The van der Waals surface area contributed by atoms with Crippen LogP contribution in [0.3, 0.4) is 0 Å². The van der Waals surface area contributed by atoms with Crippen LogP contribution in [0.5, 0.6) is 0 Å². The predicted octanol–water partition coefficient (Wildman–Crippen LogP) is 8.94. The van der Waals surface area contributed by atoms with E-state index in [0.29, 0.717) is 10.0 Å². The first-order chi connectivity index (χ1) is 18.5. The topological polar surface area (TPSA) is 6.48 Å². The Balaban J connectivity index is 1.16. The third-order valence-corrected chi connectivity index (χ3v) is 10.3.